The molecule has 2 aromatic rings. The summed E-state index contributed by atoms with van der Waals surface area (Å²) in [6, 6.07) is 8.02. The molecule has 0 radical (unpaired) electrons. The minimum Gasteiger partial charge on any atom is -0.360 e. The number of nitrogens with two attached hydrogens (primary N) is 1. The number of nitrogens with zero attached hydrogens (tertiary/aromatic N) is 1. The molecule has 1 aromatic carbocycles. The Morgan fingerprint density at radius 2 is 2.15 bits per heavy atom. The zero-order valence-corrected chi connectivity index (χ0v) is 12.1. The summed E-state index contributed by atoms with van der Waals surface area (Å²) in [5.74, 6) is 0.467. The quantitative estimate of drug-likeness (QED) is 0.870. The van der Waals surface area contributed by atoms with E-state index in [9.17, 15) is 8.42 Å². The van der Waals surface area contributed by atoms with Crippen LogP contribution in [0, 0.1) is 6.92 Å². The van der Waals surface area contributed by atoms with Crippen LogP contribution in [0.5, 0.6) is 0 Å². The lowest BCUT2D eigenvalue weighted by atomic mass is 10.1. The Labute approximate surface area is 118 Å². The molecule has 0 aliphatic rings. The van der Waals surface area contributed by atoms with Gasteiger partial charge in [0, 0.05) is 12.1 Å². The van der Waals surface area contributed by atoms with E-state index in [2.05, 4.69) is 9.88 Å². The molecule has 0 bridgehead atoms. The number of benzene rings is 1. The van der Waals surface area contributed by atoms with Crippen molar-refractivity contribution in [2.24, 2.45) is 5.73 Å². The van der Waals surface area contributed by atoms with Crippen LogP contribution in [0.3, 0.4) is 0 Å². The maximum absolute atomic E-state index is 12.2. The number of nitrogens with one attached hydrogen (secondary N) is 1. The number of aromatic nitrogens is 1. The van der Waals surface area contributed by atoms with Crippen LogP contribution in [0.25, 0.3) is 0 Å². The highest BCUT2D eigenvalue weighted by Gasteiger charge is 2.16. The van der Waals surface area contributed by atoms with E-state index in [1.54, 1.807) is 38.1 Å². The maximum atomic E-state index is 12.2. The van der Waals surface area contributed by atoms with Gasteiger partial charge in [-0.1, -0.05) is 17.3 Å². The van der Waals surface area contributed by atoms with Crippen LogP contribution in [-0.2, 0) is 16.6 Å². The molecule has 0 fully saturated rings. The molecule has 6 nitrogen and oxygen atoms in total. The van der Waals surface area contributed by atoms with Gasteiger partial charge in [-0.2, -0.15) is 0 Å². The Bertz CT molecular complexity index is 692. The lowest BCUT2D eigenvalue weighted by molar-refractivity contribution is 0.377. The van der Waals surface area contributed by atoms with Crippen LogP contribution in [-0.4, -0.2) is 13.6 Å². The summed E-state index contributed by atoms with van der Waals surface area (Å²) in [6.45, 7) is 3.63. The summed E-state index contributed by atoms with van der Waals surface area (Å²) in [5, 5.41) is 3.70. The Hall–Kier alpha value is -1.70. The molecule has 1 unspecified atom stereocenters. The van der Waals surface area contributed by atoms with Crippen LogP contribution in [0.4, 0.5) is 0 Å². The van der Waals surface area contributed by atoms with E-state index in [-0.39, 0.29) is 17.5 Å². The first-order chi connectivity index (χ1) is 9.38. The van der Waals surface area contributed by atoms with Gasteiger partial charge in [-0.05, 0) is 31.5 Å². The predicted octanol–water partition coefficient (Wildman–Crippen LogP) is 1.48. The molecule has 0 saturated heterocycles. The number of hydrogen-bond acceptors (Lipinski definition) is 5. The van der Waals surface area contributed by atoms with Crippen LogP contribution < -0.4 is 10.5 Å². The fraction of sp³-hybridized carbons (Fsp3) is 0.308. The summed E-state index contributed by atoms with van der Waals surface area (Å²) in [7, 11) is -3.60. The van der Waals surface area contributed by atoms with E-state index in [0.717, 1.165) is 5.56 Å². The van der Waals surface area contributed by atoms with Crippen molar-refractivity contribution in [2.45, 2.75) is 31.3 Å². The maximum Gasteiger partial charge on any atom is 0.240 e. The Balaban J connectivity index is 2.15. The molecule has 2 rings (SSSR count). The summed E-state index contributed by atoms with van der Waals surface area (Å²) in [6.07, 6.45) is 0. The van der Waals surface area contributed by atoms with E-state index in [1.807, 2.05) is 0 Å². The average molecular weight is 295 g/mol. The van der Waals surface area contributed by atoms with Crippen LogP contribution in [0.2, 0.25) is 0 Å². The summed E-state index contributed by atoms with van der Waals surface area (Å²) < 4.78 is 31.8. The van der Waals surface area contributed by atoms with Crippen molar-refractivity contribution >= 4 is 10.0 Å². The monoisotopic (exact) mass is 295 g/mol. The highest BCUT2D eigenvalue weighted by atomic mass is 32.2. The normalized spacial score (nSPS) is 13.3. The van der Waals surface area contributed by atoms with Crippen molar-refractivity contribution < 1.29 is 12.9 Å². The topological polar surface area (TPSA) is 98.2 Å². The molecule has 3 N–H and O–H groups in total. The van der Waals surface area contributed by atoms with Gasteiger partial charge in [0.1, 0.15) is 0 Å². The third-order valence-electron chi connectivity index (χ3n) is 2.81. The van der Waals surface area contributed by atoms with Crippen LogP contribution in [0.15, 0.2) is 39.8 Å². The molecular weight excluding hydrogens is 278 g/mol. The first kappa shape index (κ1) is 14.7. The minimum atomic E-state index is -3.60. The molecular formula is C13H17N3O3S. The Morgan fingerprint density at radius 1 is 1.40 bits per heavy atom. The Kier molecular flexibility index (Phi) is 4.22. The molecule has 0 aliphatic carbocycles. The van der Waals surface area contributed by atoms with Gasteiger partial charge in [0.25, 0.3) is 0 Å². The van der Waals surface area contributed by atoms with Crippen molar-refractivity contribution in [3.05, 3.63) is 47.3 Å². The molecule has 1 heterocycles. The molecule has 1 aromatic heterocycles. The van der Waals surface area contributed by atoms with Gasteiger partial charge in [0.2, 0.25) is 10.0 Å². The summed E-state index contributed by atoms with van der Waals surface area (Å²) in [4.78, 5) is 0.184. The standard InChI is InChI=1S/C13H17N3O3S/c1-9-6-12(19-16-9)8-15-20(17,18)13-5-3-4-11(7-13)10(2)14/h3-7,10,15H,8,14H2,1-2H3. The second-order valence-corrected chi connectivity index (χ2v) is 6.39. The number of hydrogen-bond donors (Lipinski definition) is 2. The van der Waals surface area contributed by atoms with Gasteiger partial charge >= 0.3 is 0 Å². The van der Waals surface area contributed by atoms with Gasteiger partial charge in [0.15, 0.2) is 5.76 Å². The fourth-order valence-electron chi connectivity index (χ4n) is 1.71. The Morgan fingerprint density at radius 3 is 2.75 bits per heavy atom. The van der Waals surface area contributed by atoms with Crippen molar-refractivity contribution in [1.82, 2.24) is 9.88 Å². The van der Waals surface area contributed by atoms with Gasteiger partial charge in [0.05, 0.1) is 17.1 Å². The van der Waals surface area contributed by atoms with Crippen molar-refractivity contribution in [3.63, 3.8) is 0 Å². The number of rotatable bonds is 5. The SMILES string of the molecule is Cc1cc(CNS(=O)(=O)c2cccc(C(C)N)c2)on1. The van der Waals surface area contributed by atoms with Gasteiger partial charge in [-0.25, -0.2) is 13.1 Å². The smallest absolute Gasteiger partial charge is 0.240 e. The van der Waals surface area contributed by atoms with E-state index in [1.165, 1.54) is 6.07 Å². The zero-order valence-electron chi connectivity index (χ0n) is 11.3. The minimum absolute atomic E-state index is 0.0611. The molecule has 7 heteroatoms. The summed E-state index contributed by atoms with van der Waals surface area (Å²) >= 11 is 0. The summed E-state index contributed by atoms with van der Waals surface area (Å²) in [5.41, 5.74) is 7.23. The first-order valence-corrected chi connectivity index (χ1v) is 7.64. The largest absolute Gasteiger partial charge is 0.360 e. The van der Waals surface area contributed by atoms with Crippen molar-refractivity contribution in [2.75, 3.05) is 0 Å². The lowest BCUT2D eigenvalue weighted by Gasteiger charge is -2.09. The van der Waals surface area contributed by atoms with Crippen LogP contribution in [0.1, 0.15) is 30.0 Å². The van der Waals surface area contributed by atoms with Gasteiger partial charge in [-0.15, -0.1) is 0 Å². The van der Waals surface area contributed by atoms with E-state index < -0.39 is 10.0 Å². The lowest BCUT2D eigenvalue weighted by Crippen LogP contribution is -2.23. The number of sulfonamides is 1. The molecule has 20 heavy (non-hydrogen) atoms. The van der Waals surface area contributed by atoms with Crippen molar-refractivity contribution in [1.29, 1.82) is 0 Å². The second kappa shape index (κ2) is 5.74. The van der Waals surface area contributed by atoms with E-state index in [4.69, 9.17) is 10.3 Å². The molecule has 1 atom stereocenters. The predicted molar refractivity (Wildman–Crippen MR) is 74.3 cm³/mol. The molecule has 0 saturated carbocycles. The molecule has 108 valence electrons. The highest BCUT2D eigenvalue weighted by Crippen LogP contribution is 2.16. The molecule has 0 aliphatic heterocycles. The first-order valence-electron chi connectivity index (χ1n) is 6.16. The van der Waals surface area contributed by atoms with Crippen molar-refractivity contribution in [3.8, 4) is 0 Å². The third-order valence-corrected chi connectivity index (χ3v) is 4.21. The van der Waals surface area contributed by atoms with Gasteiger partial charge < -0.3 is 10.3 Å². The fourth-order valence-corrected chi connectivity index (χ4v) is 2.76. The second-order valence-electron chi connectivity index (χ2n) is 4.62. The molecule has 0 amide bonds. The van der Waals surface area contributed by atoms with Gasteiger partial charge in [-0.3, -0.25) is 0 Å². The third kappa shape index (κ3) is 3.44. The zero-order chi connectivity index (χ0) is 14.8. The average Bonchev–Trinajstić information content (AvgIpc) is 2.82. The number of aryl methyl sites for hydroxylation is 1. The molecule has 0 spiro atoms. The highest BCUT2D eigenvalue weighted by molar-refractivity contribution is 7.89. The van der Waals surface area contributed by atoms with E-state index in [0.29, 0.717) is 11.5 Å². The van der Waals surface area contributed by atoms with E-state index >= 15 is 0 Å². The van der Waals surface area contributed by atoms with Crippen LogP contribution >= 0.6 is 0 Å².